The van der Waals surface area contributed by atoms with E-state index in [1.807, 2.05) is 6.92 Å². The average molecular weight is 366 g/mol. The van der Waals surface area contributed by atoms with Crippen LogP contribution in [0.25, 0.3) is 0 Å². The molecule has 9 heteroatoms. The number of halogens is 3. The lowest BCUT2D eigenvalue weighted by molar-refractivity contribution is -0.146. The molecule has 0 aromatic heterocycles. The number of esters is 1. The van der Waals surface area contributed by atoms with Crippen molar-refractivity contribution in [2.75, 3.05) is 53.4 Å². The largest absolute Gasteiger partial charge is 0.469 e. The summed E-state index contributed by atoms with van der Waals surface area (Å²) in [6, 6.07) is 0. The summed E-state index contributed by atoms with van der Waals surface area (Å²) in [5, 5.41) is 3.20. The minimum atomic E-state index is -4.17. The Labute approximate surface area is 147 Å². The predicted molar refractivity (Wildman–Crippen MR) is 90.5 cm³/mol. The number of methoxy groups -OCH3 is 1. The Morgan fingerprint density at radius 3 is 2.52 bits per heavy atom. The molecule has 0 saturated carbocycles. The van der Waals surface area contributed by atoms with Gasteiger partial charge in [0.25, 0.3) is 0 Å². The first-order chi connectivity index (χ1) is 11.8. The maximum absolute atomic E-state index is 12.3. The molecular formula is C16H29F3N4O2. The lowest BCUT2D eigenvalue weighted by atomic mass is 9.97. The molecule has 0 bridgehead atoms. The van der Waals surface area contributed by atoms with Crippen molar-refractivity contribution in [3.05, 3.63) is 0 Å². The predicted octanol–water partition coefficient (Wildman–Crippen LogP) is 1.72. The zero-order chi connectivity index (χ0) is 18.9. The van der Waals surface area contributed by atoms with Crippen molar-refractivity contribution >= 4 is 11.9 Å². The fourth-order valence-electron chi connectivity index (χ4n) is 2.83. The van der Waals surface area contributed by atoms with Crippen LogP contribution in [0.2, 0.25) is 0 Å². The van der Waals surface area contributed by atoms with Crippen LogP contribution in [0.4, 0.5) is 13.2 Å². The smallest absolute Gasteiger partial charge is 0.401 e. The first kappa shape index (κ1) is 21.5. The highest BCUT2D eigenvalue weighted by Gasteiger charge is 2.29. The maximum atomic E-state index is 12.3. The number of rotatable bonds is 7. The molecule has 0 aromatic rings. The van der Waals surface area contributed by atoms with E-state index in [2.05, 4.69) is 15.2 Å². The normalized spacial score (nSPS) is 17.1. The van der Waals surface area contributed by atoms with Gasteiger partial charge in [0.05, 0.1) is 19.6 Å². The van der Waals surface area contributed by atoms with E-state index in [1.54, 1.807) is 0 Å². The summed E-state index contributed by atoms with van der Waals surface area (Å²) in [5.74, 6) is 0.513. The molecule has 1 aliphatic heterocycles. The van der Waals surface area contributed by atoms with E-state index in [0.717, 1.165) is 5.96 Å². The van der Waals surface area contributed by atoms with Gasteiger partial charge in [0, 0.05) is 26.2 Å². The number of guanidine groups is 1. The molecule has 25 heavy (non-hydrogen) atoms. The minimum Gasteiger partial charge on any atom is -0.469 e. The number of alkyl halides is 3. The molecule has 0 aliphatic carbocycles. The first-order valence-electron chi connectivity index (χ1n) is 8.63. The summed E-state index contributed by atoms with van der Waals surface area (Å²) in [6.45, 7) is 3.99. The molecule has 6 nitrogen and oxygen atoms in total. The molecule has 1 fully saturated rings. The third-order valence-corrected chi connectivity index (χ3v) is 4.07. The van der Waals surface area contributed by atoms with Gasteiger partial charge in [-0.05, 0) is 39.8 Å². The molecule has 0 aromatic carbocycles. The number of carbonyl (C=O) groups is 1. The lowest BCUT2D eigenvalue weighted by Gasteiger charge is -2.33. The van der Waals surface area contributed by atoms with Crippen molar-refractivity contribution in [1.82, 2.24) is 15.1 Å². The van der Waals surface area contributed by atoms with Crippen LogP contribution in [-0.2, 0) is 9.53 Å². The molecule has 146 valence electrons. The second kappa shape index (κ2) is 10.5. The number of ether oxygens (including phenoxy) is 1. The third-order valence-electron chi connectivity index (χ3n) is 4.07. The number of carbonyl (C=O) groups excluding carboxylic acids is 1. The Morgan fingerprint density at radius 1 is 1.36 bits per heavy atom. The molecule has 1 aliphatic rings. The zero-order valence-electron chi connectivity index (χ0n) is 15.2. The Hall–Kier alpha value is -1.51. The van der Waals surface area contributed by atoms with Crippen molar-refractivity contribution in [3.63, 3.8) is 0 Å². The van der Waals surface area contributed by atoms with Crippen molar-refractivity contribution in [3.8, 4) is 0 Å². The van der Waals surface area contributed by atoms with Crippen molar-refractivity contribution in [2.45, 2.75) is 32.4 Å². The highest BCUT2D eigenvalue weighted by molar-refractivity contribution is 5.80. The summed E-state index contributed by atoms with van der Waals surface area (Å²) in [5.41, 5.74) is 0. The first-order valence-corrected chi connectivity index (χ1v) is 8.63. The van der Waals surface area contributed by atoms with Gasteiger partial charge in [-0.1, -0.05) is 0 Å². The SMILES string of the molecule is CCNC(=NCCCN(C)CC(F)(F)F)N1CCC(C(=O)OC)CC1. The monoisotopic (exact) mass is 366 g/mol. The van der Waals surface area contributed by atoms with Crippen LogP contribution in [0.15, 0.2) is 4.99 Å². The van der Waals surface area contributed by atoms with Gasteiger partial charge in [0.1, 0.15) is 0 Å². The van der Waals surface area contributed by atoms with Crippen LogP contribution >= 0.6 is 0 Å². The fourth-order valence-corrected chi connectivity index (χ4v) is 2.83. The summed E-state index contributed by atoms with van der Waals surface area (Å²) in [7, 11) is 2.86. The Bertz CT molecular complexity index is 436. The zero-order valence-corrected chi connectivity index (χ0v) is 15.2. The van der Waals surface area contributed by atoms with Crippen molar-refractivity contribution < 1.29 is 22.7 Å². The van der Waals surface area contributed by atoms with Crippen LogP contribution in [-0.4, -0.2) is 81.3 Å². The number of hydrogen-bond acceptors (Lipinski definition) is 4. The second-order valence-corrected chi connectivity index (χ2v) is 6.23. The molecule has 0 atom stereocenters. The molecule has 0 spiro atoms. The minimum absolute atomic E-state index is 0.0693. The van der Waals surface area contributed by atoms with E-state index in [4.69, 9.17) is 4.74 Å². The maximum Gasteiger partial charge on any atom is 0.401 e. The Kier molecular flexibility index (Phi) is 9.02. The van der Waals surface area contributed by atoms with Crippen LogP contribution in [0.3, 0.4) is 0 Å². The van der Waals surface area contributed by atoms with Gasteiger partial charge in [-0.15, -0.1) is 0 Å². The van der Waals surface area contributed by atoms with E-state index < -0.39 is 12.7 Å². The molecule has 0 radical (unpaired) electrons. The highest BCUT2D eigenvalue weighted by atomic mass is 19.4. The number of piperidine rings is 1. The van der Waals surface area contributed by atoms with Gasteiger partial charge in [-0.25, -0.2) is 0 Å². The van der Waals surface area contributed by atoms with Gasteiger partial charge in [-0.2, -0.15) is 13.2 Å². The average Bonchev–Trinajstić information content (AvgIpc) is 2.55. The number of likely N-dealkylation sites (tertiary alicyclic amines) is 1. The van der Waals surface area contributed by atoms with Crippen LogP contribution in [0.5, 0.6) is 0 Å². The third kappa shape index (κ3) is 8.42. The van der Waals surface area contributed by atoms with E-state index in [0.29, 0.717) is 52.0 Å². The van der Waals surface area contributed by atoms with Gasteiger partial charge in [0.15, 0.2) is 5.96 Å². The van der Waals surface area contributed by atoms with Gasteiger partial charge in [0.2, 0.25) is 0 Å². The van der Waals surface area contributed by atoms with Gasteiger partial charge >= 0.3 is 12.1 Å². The summed E-state index contributed by atoms with van der Waals surface area (Å²) in [6.07, 6.45) is -2.19. The quantitative estimate of drug-likeness (QED) is 0.322. The summed E-state index contributed by atoms with van der Waals surface area (Å²) >= 11 is 0. The lowest BCUT2D eigenvalue weighted by Crippen LogP contribution is -2.46. The van der Waals surface area contributed by atoms with Gasteiger partial charge < -0.3 is 15.0 Å². The molecule has 0 unspecified atom stereocenters. The summed E-state index contributed by atoms with van der Waals surface area (Å²) in [4.78, 5) is 19.4. The molecule has 1 saturated heterocycles. The molecule has 0 amide bonds. The van der Waals surface area contributed by atoms with E-state index >= 15 is 0 Å². The number of hydrogen-bond donors (Lipinski definition) is 1. The van der Waals surface area contributed by atoms with Crippen LogP contribution in [0, 0.1) is 5.92 Å². The van der Waals surface area contributed by atoms with Crippen molar-refractivity contribution in [1.29, 1.82) is 0 Å². The molecule has 1 N–H and O–H groups in total. The molecular weight excluding hydrogens is 337 g/mol. The fraction of sp³-hybridized carbons (Fsp3) is 0.875. The highest BCUT2D eigenvalue weighted by Crippen LogP contribution is 2.18. The van der Waals surface area contributed by atoms with E-state index in [1.165, 1.54) is 19.1 Å². The number of aliphatic imine (C=N–C) groups is 1. The molecule has 1 heterocycles. The van der Waals surface area contributed by atoms with Crippen molar-refractivity contribution in [2.24, 2.45) is 10.9 Å². The number of nitrogens with one attached hydrogen (secondary N) is 1. The second-order valence-electron chi connectivity index (χ2n) is 6.23. The standard InChI is InChI=1S/C16H29F3N4O2/c1-4-20-15(21-8-5-9-22(2)12-16(17,18)19)23-10-6-13(7-11-23)14(24)25-3/h13H,4-12H2,1-3H3,(H,20,21). The topological polar surface area (TPSA) is 57.2 Å². The number of nitrogens with zero attached hydrogens (tertiary/aromatic N) is 3. The Morgan fingerprint density at radius 2 is 2.00 bits per heavy atom. The van der Waals surface area contributed by atoms with E-state index in [9.17, 15) is 18.0 Å². The van der Waals surface area contributed by atoms with Gasteiger partial charge in [-0.3, -0.25) is 14.7 Å². The molecule has 1 rings (SSSR count). The summed E-state index contributed by atoms with van der Waals surface area (Å²) < 4.78 is 41.6. The van der Waals surface area contributed by atoms with Crippen LogP contribution in [0.1, 0.15) is 26.2 Å². The van der Waals surface area contributed by atoms with Crippen LogP contribution < -0.4 is 5.32 Å². The Balaban J connectivity index is 2.43. The van der Waals surface area contributed by atoms with E-state index in [-0.39, 0.29) is 11.9 Å².